The number of methoxy groups -OCH3 is 1. The van der Waals surface area contributed by atoms with Crippen molar-refractivity contribution < 1.29 is 23.9 Å². The molecule has 1 amide bonds. The van der Waals surface area contributed by atoms with E-state index in [0.29, 0.717) is 53.4 Å². The smallest absolute Gasteiger partial charge is 0.337 e. The van der Waals surface area contributed by atoms with E-state index in [1.165, 1.54) is 7.11 Å². The average molecular weight is 428 g/mol. The SMILES string of the molecule is COC(=O)c1cccc(C(=O)N2CCC3(CC2)CC(=O)c2cc(Cl)cc(C)c2O3)c1. The van der Waals surface area contributed by atoms with Crippen molar-refractivity contribution in [2.24, 2.45) is 0 Å². The number of amides is 1. The molecular formula is C23H22ClNO5. The monoisotopic (exact) mass is 427 g/mol. The Labute approximate surface area is 179 Å². The summed E-state index contributed by atoms with van der Waals surface area (Å²) in [4.78, 5) is 39.2. The highest BCUT2D eigenvalue weighted by atomic mass is 35.5. The van der Waals surface area contributed by atoms with E-state index in [-0.39, 0.29) is 18.1 Å². The number of ether oxygens (including phenoxy) is 2. The number of hydrogen-bond acceptors (Lipinski definition) is 5. The molecule has 1 spiro atoms. The van der Waals surface area contributed by atoms with E-state index in [4.69, 9.17) is 21.1 Å². The van der Waals surface area contributed by atoms with Gasteiger partial charge in [-0.2, -0.15) is 0 Å². The molecule has 0 radical (unpaired) electrons. The predicted octanol–water partition coefficient (Wildman–Crippen LogP) is 4.08. The molecule has 1 fully saturated rings. The van der Waals surface area contributed by atoms with Crippen LogP contribution in [0, 0.1) is 6.92 Å². The van der Waals surface area contributed by atoms with Gasteiger partial charge in [-0.25, -0.2) is 4.79 Å². The summed E-state index contributed by atoms with van der Waals surface area (Å²) in [6.07, 6.45) is 1.39. The van der Waals surface area contributed by atoms with Gasteiger partial charge in [-0.1, -0.05) is 17.7 Å². The molecule has 2 aliphatic rings. The van der Waals surface area contributed by atoms with E-state index in [2.05, 4.69) is 0 Å². The van der Waals surface area contributed by atoms with Crippen molar-refractivity contribution in [2.45, 2.75) is 31.8 Å². The number of fused-ring (bicyclic) bond motifs is 1. The van der Waals surface area contributed by atoms with E-state index in [9.17, 15) is 14.4 Å². The number of likely N-dealkylation sites (tertiary alicyclic amines) is 1. The number of Topliss-reactive ketones (excluding diaryl/α,β-unsaturated/α-hetero) is 1. The summed E-state index contributed by atoms with van der Waals surface area (Å²) in [7, 11) is 1.31. The van der Waals surface area contributed by atoms with Crippen LogP contribution in [-0.2, 0) is 4.74 Å². The van der Waals surface area contributed by atoms with Crippen molar-refractivity contribution in [1.82, 2.24) is 4.90 Å². The number of rotatable bonds is 2. The Bertz CT molecular complexity index is 1040. The number of piperidine rings is 1. The van der Waals surface area contributed by atoms with Gasteiger partial charge in [0.2, 0.25) is 0 Å². The molecule has 0 bridgehead atoms. The number of halogens is 1. The van der Waals surface area contributed by atoms with Gasteiger partial charge >= 0.3 is 5.97 Å². The normalized spacial score (nSPS) is 17.3. The van der Waals surface area contributed by atoms with Gasteiger partial charge in [-0.15, -0.1) is 0 Å². The van der Waals surface area contributed by atoms with Crippen LogP contribution in [0.1, 0.15) is 55.9 Å². The number of benzene rings is 2. The summed E-state index contributed by atoms with van der Waals surface area (Å²) in [6.45, 7) is 2.82. The molecule has 0 saturated carbocycles. The second-order valence-corrected chi connectivity index (χ2v) is 8.29. The summed E-state index contributed by atoms with van der Waals surface area (Å²) in [5.41, 5.74) is 1.54. The number of hydrogen-bond donors (Lipinski definition) is 0. The number of carbonyl (C=O) groups is 3. The van der Waals surface area contributed by atoms with E-state index in [1.807, 2.05) is 6.92 Å². The first-order valence-electron chi connectivity index (χ1n) is 9.82. The minimum Gasteiger partial charge on any atom is -0.486 e. The molecule has 0 unspecified atom stereocenters. The van der Waals surface area contributed by atoms with Gasteiger partial charge in [0, 0.05) is 36.5 Å². The number of ketones is 1. The molecule has 1 saturated heterocycles. The molecule has 2 aromatic rings. The van der Waals surface area contributed by atoms with Gasteiger partial charge in [-0.05, 0) is 42.8 Å². The average Bonchev–Trinajstić information content (AvgIpc) is 2.74. The predicted molar refractivity (Wildman–Crippen MR) is 111 cm³/mol. The van der Waals surface area contributed by atoms with Crippen LogP contribution < -0.4 is 4.74 Å². The van der Waals surface area contributed by atoms with Crippen molar-refractivity contribution in [3.8, 4) is 5.75 Å². The van der Waals surface area contributed by atoms with Crippen LogP contribution in [0.2, 0.25) is 5.02 Å². The zero-order chi connectivity index (χ0) is 21.5. The van der Waals surface area contributed by atoms with Gasteiger partial charge in [-0.3, -0.25) is 9.59 Å². The van der Waals surface area contributed by atoms with Gasteiger partial charge in [0.15, 0.2) is 5.78 Å². The zero-order valence-electron chi connectivity index (χ0n) is 16.9. The summed E-state index contributed by atoms with van der Waals surface area (Å²) >= 11 is 6.10. The Morgan fingerprint density at radius 2 is 1.83 bits per heavy atom. The summed E-state index contributed by atoms with van der Waals surface area (Å²) in [5, 5.41) is 0.522. The molecule has 6 nitrogen and oxygen atoms in total. The molecular weight excluding hydrogens is 406 g/mol. The highest BCUT2D eigenvalue weighted by Gasteiger charge is 2.44. The van der Waals surface area contributed by atoms with Crippen LogP contribution in [0.4, 0.5) is 0 Å². The lowest BCUT2D eigenvalue weighted by Crippen LogP contribution is -2.52. The van der Waals surface area contributed by atoms with Crippen LogP contribution in [0.5, 0.6) is 5.75 Å². The minimum absolute atomic E-state index is 0.0207. The first-order chi connectivity index (χ1) is 14.3. The Hall–Kier alpha value is -2.86. The van der Waals surface area contributed by atoms with Crippen molar-refractivity contribution >= 4 is 29.3 Å². The van der Waals surface area contributed by atoms with Gasteiger partial charge in [0.1, 0.15) is 11.4 Å². The second kappa shape index (κ2) is 7.76. The third kappa shape index (κ3) is 3.67. The molecule has 7 heteroatoms. The molecule has 156 valence electrons. The molecule has 30 heavy (non-hydrogen) atoms. The maximum atomic E-state index is 12.9. The van der Waals surface area contributed by atoms with Crippen LogP contribution in [0.25, 0.3) is 0 Å². The van der Waals surface area contributed by atoms with E-state index in [1.54, 1.807) is 41.3 Å². The van der Waals surface area contributed by atoms with Crippen LogP contribution in [0.15, 0.2) is 36.4 Å². The van der Waals surface area contributed by atoms with E-state index in [0.717, 1.165) is 5.56 Å². The lowest BCUT2D eigenvalue weighted by atomic mass is 9.82. The van der Waals surface area contributed by atoms with Crippen LogP contribution in [0.3, 0.4) is 0 Å². The Balaban J connectivity index is 1.49. The van der Waals surface area contributed by atoms with Crippen LogP contribution >= 0.6 is 11.6 Å². The first-order valence-corrected chi connectivity index (χ1v) is 10.2. The lowest BCUT2D eigenvalue weighted by molar-refractivity contribution is -0.00617. The maximum absolute atomic E-state index is 12.9. The minimum atomic E-state index is -0.604. The molecule has 0 aliphatic carbocycles. The summed E-state index contributed by atoms with van der Waals surface area (Å²) < 4.78 is 11.1. The maximum Gasteiger partial charge on any atom is 0.337 e. The lowest BCUT2D eigenvalue weighted by Gasteiger charge is -2.44. The molecule has 4 rings (SSSR count). The van der Waals surface area contributed by atoms with Crippen molar-refractivity contribution in [3.05, 3.63) is 63.7 Å². The third-order valence-electron chi connectivity index (χ3n) is 5.83. The molecule has 2 aliphatic heterocycles. The molecule has 0 aromatic heterocycles. The van der Waals surface area contributed by atoms with Gasteiger partial charge in [0.05, 0.1) is 24.7 Å². The number of carbonyl (C=O) groups excluding carboxylic acids is 3. The fourth-order valence-corrected chi connectivity index (χ4v) is 4.46. The second-order valence-electron chi connectivity index (χ2n) is 7.85. The number of aryl methyl sites for hydroxylation is 1. The number of esters is 1. The highest BCUT2D eigenvalue weighted by molar-refractivity contribution is 6.31. The fourth-order valence-electron chi connectivity index (χ4n) is 4.19. The third-order valence-corrected chi connectivity index (χ3v) is 6.05. The van der Waals surface area contributed by atoms with Crippen molar-refractivity contribution in [2.75, 3.05) is 20.2 Å². The van der Waals surface area contributed by atoms with E-state index >= 15 is 0 Å². The summed E-state index contributed by atoms with van der Waals surface area (Å²) in [6, 6.07) is 9.96. The highest BCUT2D eigenvalue weighted by Crippen LogP contribution is 2.42. The van der Waals surface area contributed by atoms with Crippen LogP contribution in [-0.4, -0.2) is 48.4 Å². The topological polar surface area (TPSA) is 72.9 Å². The number of nitrogens with zero attached hydrogens (tertiary/aromatic N) is 1. The molecule has 0 N–H and O–H groups in total. The largest absolute Gasteiger partial charge is 0.486 e. The molecule has 0 atom stereocenters. The fraction of sp³-hybridized carbons (Fsp3) is 0.348. The Morgan fingerprint density at radius 3 is 2.53 bits per heavy atom. The van der Waals surface area contributed by atoms with Crippen molar-refractivity contribution in [3.63, 3.8) is 0 Å². The summed E-state index contributed by atoms with van der Waals surface area (Å²) in [5.74, 6) is -0.0137. The molecule has 2 heterocycles. The van der Waals surface area contributed by atoms with Crippen molar-refractivity contribution in [1.29, 1.82) is 0 Å². The Morgan fingerprint density at radius 1 is 1.13 bits per heavy atom. The molecule has 2 aromatic carbocycles. The van der Waals surface area contributed by atoms with Gasteiger partial charge in [0.25, 0.3) is 5.91 Å². The standard InChI is InChI=1S/C23H22ClNO5/c1-14-10-17(24)12-18-19(26)13-23(30-20(14)18)6-8-25(9-7-23)21(27)15-4-3-5-16(11-15)22(28)29-2/h3-5,10-12H,6-9,13H2,1-2H3. The Kier molecular flexibility index (Phi) is 5.28. The quantitative estimate of drug-likeness (QED) is 0.675. The van der Waals surface area contributed by atoms with E-state index < -0.39 is 11.6 Å². The first kappa shape index (κ1) is 20.4. The van der Waals surface area contributed by atoms with Gasteiger partial charge < -0.3 is 14.4 Å². The zero-order valence-corrected chi connectivity index (χ0v) is 17.6.